The van der Waals surface area contributed by atoms with Gasteiger partial charge in [0.1, 0.15) is 5.82 Å². The third-order valence-corrected chi connectivity index (χ3v) is 6.20. The first-order valence-corrected chi connectivity index (χ1v) is 11.5. The van der Waals surface area contributed by atoms with Crippen molar-refractivity contribution < 1.29 is 4.79 Å². The molecule has 3 rings (SSSR count). The van der Waals surface area contributed by atoms with E-state index >= 15 is 0 Å². The predicted molar refractivity (Wildman–Crippen MR) is 121 cm³/mol. The molecule has 0 bridgehead atoms. The van der Waals surface area contributed by atoms with E-state index in [9.17, 15) is 4.79 Å². The Kier molecular flexibility index (Phi) is 7.53. The minimum atomic E-state index is -0.0324. The first-order valence-electron chi connectivity index (χ1n) is 10.5. The third kappa shape index (κ3) is 6.20. The Morgan fingerprint density at radius 2 is 1.97 bits per heavy atom. The zero-order valence-electron chi connectivity index (χ0n) is 17.9. The van der Waals surface area contributed by atoms with Crippen LogP contribution in [0.5, 0.6) is 0 Å². The van der Waals surface area contributed by atoms with Crippen LogP contribution in [-0.2, 0) is 5.75 Å². The minimum absolute atomic E-state index is 0.0324. The van der Waals surface area contributed by atoms with Gasteiger partial charge >= 0.3 is 0 Å². The summed E-state index contributed by atoms with van der Waals surface area (Å²) in [5, 5.41) is 3.73. The van der Waals surface area contributed by atoms with Crippen molar-refractivity contribution >= 4 is 23.5 Å². The Morgan fingerprint density at radius 3 is 2.69 bits per heavy atom. The van der Waals surface area contributed by atoms with Crippen molar-refractivity contribution in [1.29, 1.82) is 0 Å². The highest BCUT2D eigenvalue weighted by Crippen LogP contribution is 2.27. The molecule has 0 aliphatic heterocycles. The lowest BCUT2D eigenvalue weighted by atomic mass is 9.94. The van der Waals surface area contributed by atoms with Crippen LogP contribution in [0.2, 0.25) is 0 Å². The molecule has 1 aromatic carbocycles. The normalized spacial score (nSPS) is 14.8. The van der Waals surface area contributed by atoms with Crippen molar-refractivity contribution in [2.24, 2.45) is 0 Å². The van der Waals surface area contributed by atoms with E-state index in [1.807, 2.05) is 45.0 Å². The second-order valence-corrected chi connectivity index (χ2v) is 9.11. The molecule has 0 saturated heterocycles. The smallest absolute Gasteiger partial charge is 0.251 e. The maximum absolute atomic E-state index is 12.2. The zero-order chi connectivity index (χ0) is 20.8. The number of thioether (sulfide) groups is 1. The van der Waals surface area contributed by atoms with Crippen LogP contribution >= 0.6 is 11.8 Å². The number of anilines is 1. The second-order valence-electron chi connectivity index (χ2n) is 8.17. The largest absolute Gasteiger partial charge is 0.357 e. The molecular formula is C23H32N4OS. The fourth-order valence-corrected chi connectivity index (χ4v) is 4.56. The summed E-state index contributed by atoms with van der Waals surface area (Å²) in [6.07, 6.45) is 6.45. The summed E-state index contributed by atoms with van der Waals surface area (Å²) in [5.41, 5.74) is 2.78. The van der Waals surface area contributed by atoms with Crippen LogP contribution in [0.4, 0.5) is 5.82 Å². The number of hydrogen-bond donors (Lipinski definition) is 1. The Hall–Kier alpha value is -2.08. The summed E-state index contributed by atoms with van der Waals surface area (Å²) in [6.45, 7) is 5.96. The molecule has 0 atom stereocenters. The third-order valence-electron chi connectivity index (χ3n) is 5.28. The van der Waals surface area contributed by atoms with Crippen molar-refractivity contribution in [2.75, 3.05) is 11.9 Å². The van der Waals surface area contributed by atoms with Crippen molar-refractivity contribution in [1.82, 2.24) is 15.3 Å². The molecule has 1 fully saturated rings. The maximum atomic E-state index is 12.2. The Bertz CT molecular complexity index is 833. The average Bonchev–Trinajstić information content (AvgIpc) is 2.71. The van der Waals surface area contributed by atoms with E-state index in [0.717, 1.165) is 28.0 Å². The molecule has 1 heterocycles. The fraction of sp³-hybridized carbons (Fsp3) is 0.522. The number of benzene rings is 1. The molecule has 5 nitrogen and oxygen atoms in total. The van der Waals surface area contributed by atoms with Crippen LogP contribution in [0.3, 0.4) is 0 Å². The van der Waals surface area contributed by atoms with Crippen molar-refractivity contribution in [2.45, 2.75) is 75.9 Å². The Labute approximate surface area is 178 Å². The van der Waals surface area contributed by atoms with E-state index in [4.69, 9.17) is 4.98 Å². The van der Waals surface area contributed by atoms with Gasteiger partial charge in [-0.2, -0.15) is 0 Å². The van der Waals surface area contributed by atoms with Crippen LogP contribution in [0.1, 0.15) is 67.6 Å². The van der Waals surface area contributed by atoms with Crippen molar-refractivity contribution in [3.05, 3.63) is 47.2 Å². The molecule has 0 unspecified atom stereocenters. The molecule has 1 aromatic heterocycles. The van der Waals surface area contributed by atoms with E-state index in [0.29, 0.717) is 11.6 Å². The van der Waals surface area contributed by atoms with Gasteiger partial charge < -0.3 is 10.2 Å². The highest BCUT2D eigenvalue weighted by molar-refractivity contribution is 7.98. The van der Waals surface area contributed by atoms with E-state index in [1.165, 1.54) is 32.1 Å². The summed E-state index contributed by atoms with van der Waals surface area (Å²) in [5.74, 6) is 1.71. The molecule has 0 radical (unpaired) electrons. The molecule has 29 heavy (non-hydrogen) atoms. The number of aryl methyl sites for hydroxylation is 1. The molecule has 1 N–H and O–H groups in total. The monoisotopic (exact) mass is 412 g/mol. The van der Waals surface area contributed by atoms with Gasteiger partial charge in [0.05, 0.1) is 0 Å². The average molecular weight is 413 g/mol. The molecule has 2 aromatic rings. The summed E-state index contributed by atoms with van der Waals surface area (Å²) < 4.78 is 0. The van der Waals surface area contributed by atoms with E-state index in [-0.39, 0.29) is 11.9 Å². The lowest BCUT2D eigenvalue weighted by Crippen LogP contribution is -2.34. The van der Waals surface area contributed by atoms with E-state index < -0.39 is 0 Å². The van der Waals surface area contributed by atoms with Gasteiger partial charge in [-0.1, -0.05) is 43.2 Å². The van der Waals surface area contributed by atoms with Crippen molar-refractivity contribution in [3.63, 3.8) is 0 Å². The lowest BCUT2D eigenvalue weighted by molar-refractivity contribution is 0.0943. The van der Waals surface area contributed by atoms with Gasteiger partial charge in [0.25, 0.3) is 5.91 Å². The van der Waals surface area contributed by atoms with Crippen molar-refractivity contribution in [3.8, 4) is 0 Å². The first-order chi connectivity index (χ1) is 13.9. The summed E-state index contributed by atoms with van der Waals surface area (Å²) in [4.78, 5) is 24.0. The van der Waals surface area contributed by atoms with Gasteiger partial charge in [-0.3, -0.25) is 4.79 Å². The highest BCUT2D eigenvalue weighted by atomic mass is 32.2. The molecule has 6 heteroatoms. The van der Waals surface area contributed by atoms with Crippen LogP contribution in [0.15, 0.2) is 35.5 Å². The van der Waals surface area contributed by atoms with Gasteiger partial charge in [-0.05, 0) is 51.3 Å². The van der Waals surface area contributed by atoms with Gasteiger partial charge in [0.15, 0.2) is 5.16 Å². The lowest BCUT2D eigenvalue weighted by Gasteiger charge is -2.32. The maximum Gasteiger partial charge on any atom is 0.251 e. The SMILES string of the molecule is Cc1cc(N(C)C2CCCCC2)nc(SCc2cccc(C(=O)NC(C)C)c2)n1. The number of amides is 1. The molecule has 1 amide bonds. The van der Waals surface area contributed by atoms with Crippen LogP contribution < -0.4 is 10.2 Å². The fourth-order valence-electron chi connectivity index (χ4n) is 3.72. The number of aromatic nitrogens is 2. The van der Waals surface area contributed by atoms with Gasteiger partial charge in [0.2, 0.25) is 0 Å². The summed E-state index contributed by atoms with van der Waals surface area (Å²) >= 11 is 1.62. The topological polar surface area (TPSA) is 58.1 Å². The van der Waals surface area contributed by atoms with Crippen LogP contribution in [-0.4, -0.2) is 35.0 Å². The van der Waals surface area contributed by atoms with E-state index in [2.05, 4.69) is 28.3 Å². The number of carbonyl (C=O) groups is 1. The van der Waals surface area contributed by atoms with E-state index in [1.54, 1.807) is 11.8 Å². The van der Waals surface area contributed by atoms with Crippen LogP contribution in [0, 0.1) is 6.92 Å². The van der Waals surface area contributed by atoms with Crippen LogP contribution in [0.25, 0.3) is 0 Å². The summed E-state index contributed by atoms with van der Waals surface area (Å²) in [6, 6.07) is 10.6. The highest BCUT2D eigenvalue weighted by Gasteiger charge is 2.20. The molecule has 0 spiro atoms. The second kappa shape index (κ2) is 10.1. The Balaban J connectivity index is 1.68. The number of nitrogens with zero attached hydrogens (tertiary/aromatic N) is 3. The number of nitrogens with one attached hydrogen (secondary N) is 1. The molecule has 156 valence electrons. The summed E-state index contributed by atoms with van der Waals surface area (Å²) in [7, 11) is 2.16. The predicted octanol–water partition coefficient (Wildman–Crippen LogP) is 4.98. The number of carbonyl (C=O) groups excluding carboxylic acids is 1. The number of hydrogen-bond acceptors (Lipinski definition) is 5. The van der Waals surface area contributed by atoms with Gasteiger partial charge in [0, 0.05) is 42.2 Å². The zero-order valence-corrected chi connectivity index (χ0v) is 18.8. The molecule has 1 aliphatic carbocycles. The number of rotatable bonds is 7. The first kappa shape index (κ1) is 21.6. The quantitative estimate of drug-likeness (QED) is 0.513. The minimum Gasteiger partial charge on any atom is -0.357 e. The standard InChI is InChI=1S/C23H32N4OS/c1-16(2)24-22(28)19-10-8-9-18(14-19)15-29-23-25-17(3)13-21(26-23)27(4)20-11-6-5-7-12-20/h8-10,13-14,16,20H,5-7,11-12,15H2,1-4H3,(H,24,28). The molecule has 1 aliphatic rings. The Morgan fingerprint density at radius 1 is 1.21 bits per heavy atom. The van der Waals surface area contributed by atoms with Gasteiger partial charge in [-0.25, -0.2) is 9.97 Å². The molecular weight excluding hydrogens is 380 g/mol. The van der Waals surface area contributed by atoms with Gasteiger partial charge in [-0.15, -0.1) is 0 Å². The molecule has 1 saturated carbocycles.